The number of methoxy groups -OCH3 is 1. The van der Waals surface area contributed by atoms with E-state index in [1.165, 1.54) is 31.6 Å². The fraction of sp³-hybridized carbons (Fsp3) is 0.222. The highest BCUT2D eigenvalue weighted by atomic mass is 32.2. The van der Waals surface area contributed by atoms with E-state index in [-0.39, 0.29) is 27.2 Å². The second-order valence-electron chi connectivity index (χ2n) is 5.99. The van der Waals surface area contributed by atoms with E-state index in [0.717, 1.165) is 16.9 Å². The third-order valence-electron chi connectivity index (χ3n) is 4.08. The average Bonchev–Trinajstić information content (AvgIpc) is 3.36. The fourth-order valence-electron chi connectivity index (χ4n) is 2.66. The first kappa shape index (κ1) is 20.6. The Hall–Kier alpha value is -2.14. The van der Waals surface area contributed by atoms with Gasteiger partial charge in [0, 0.05) is 6.54 Å². The van der Waals surface area contributed by atoms with Crippen molar-refractivity contribution in [2.24, 2.45) is 0 Å². The molecule has 0 aliphatic rings. The van der Waals surface area contributed by atoms with Gasteiger partial charge in [-0.05, 0) is 48.2 Å². The third-order valence-corrected chi connectivity index (χ3v) is 9.01. The molecule has 0 saturated heterocycles. The van der Waals surface area contributed by atoms with E-state index >= 15 is 0 Å². The number of thiophene rings is 1. The minimum absolute atomic E-state index is 0.0540. The van der Waals surface area contributed by atoms with Crippen molar-refractivity contribution >= 4 is 31.2 Å². The summed E-state index contributed by atoms with van der Waals surface area (Å²) in [4.78, 5) is -0.0540. The van der Waals surface area contributed by atoms with Gasteiger partial charge in [-0.15, -0.1) is 11.3 Å². The van der Waals surface area contributed by atoms with Crippen LogP contribution in [0, 0.1) is 6.92 Å². The number of furan rings is 1. The fourth-order valence-corrected chi connectivity index (χ4v) is 6.86. The smallest absolute Gasteiger partial charge is 0.244 e. The number of sulfone groups is 1. The summed E-state index contributed by atoms with van der Waals surface area (Å²) in [5.74, 6) is 0.334. The molecular weight excluding hydrogens is 422 g/mol. The van der Waals surface area contributed by atoms with Crippen molar-refractivity contribution in [1.29, 1.82) is 0 Å². The predicted octanol–water partition coefficient (Wildman–Crippen LogP) is 3.15. The van der Waals surface area contributed by atoms with Gasteiger partial charge in [0.1, 0.15) is 25.9 Å². The molecule has 1 N–H and O–H groups in total. The van der Waals surface area contributed by atoms with Crippen molar-refractivity contribution in [1.82, 2.24) is 4.72 Å². The van der Waals surface area contributed by atoms with Crippen LogP contribution in [0.15, 0.2) is 67.6 Å². The molecule has 3 aromatic rings. The molecule has 1 aromatic carbocycles. The first-order valence-electron chi connectivity index (χ1n) is 8.21. The summed E-state index contributed by atoms with van der Waals surface area (Å²) in [7, 11) is -6.49. The highest BCUT2D eigenvalue weighted by Crippen LogP contribution is 2.32. The number of benzene rings is 1. The summed E-state index contributed by atoms with van der Waals surface area (Å²) in [6.07, 6.45) is 1.35. The Morgan fingerprint density at radius 1 is 1.14 bits per heavy atom. The van der Waals surface area contributed by atoms with Gasteiger partial charge < -0.3 is 9.15 Å². The highest BCUT2D eigenvalue weighted by molar-refractivity contribution is 7.93. The summed E-state index contributed by atoms with van der Waals surface area (Å²) >= 11 is 1.07. The molecule has 1 atom stereocenters. The molecule has 150 valence electrons. The molecule has 3 rings (SSSR count). The topological polar surface area (TPSA) is 103 Å². The van der Waals surface area contributed by atoms with Crippen LogP contribution in [0.25, 0.3) is 0 Å². The molecule has 7 nitrogen and oxygen atoms in total. The first-order chi connectivity index (χ1) is 13.3. The second kappa shape index (κ2) is 8.08. The quantitative estimate of drug-likeness (QED) is 0.576. The Balaban J connectivity index is 1.94. The van der Waals surface area contributed by atoms with E-state index in [0.29, 0.717) is 0 Å². The van der Waals surface area contributed by atoms with Crippen LogP contribution in [0.3, 0.4) is 0 Å². The number of nitrogens with one attached hydrogen (secondary N) is 1. The van der Waals surface area contributed by atoms with Crippen molar-refractivity contribution in [3.8, 4) is 5.75 Å². The largest absolute Gasteiger partial charge is 0.495 e. The molecule has 2 heterocycles. The molecule has 0 amide bonds. The zero-order chi connectivity index (χ0) is 20.4. The maximum atomic E-state index is 13.0. The average molecular weight is 442 g/mol. The summed E-state index contributed by atoms with van der Waals surface area (Å²) in [6.45, 7) is 1.37. The second-order valence-corrected chi connectivity index (χ2v) is 11.0. The third kappa shape index (κ3) is 4.14. The molecule has 0 bridgehead atoms. The van der Waals surface area contributed by atoms with Gasteiger partial charge in [-0.25, -0.2) is 21.6 Å². The van der Waals surface area contributed by atoms with Gasteiger partial charge in [0.25, 0.3) is 0 Å². The minimum Gasteiger partial charge on any atom is -0.495 e. The number of ether oxygens (including phenoxy) is 1. The number of hydrogen-bond donors (Lipinski definition) is 1. The van der Waals surface area contributed by atoms with E-state index in [1.54, 1.807) is 36.6 Å². The Labute approximate surface area is 167 Å². The van der Waals surface area contributed by atoms with Gasteiger partial charge in [-0.2, -0.15) is 0 Å². The van der Waals surface area contributed by atoms with E-state index < -0.39 is 25.1 Å². The van der Waals surface area contributed by atoms with Gasteiger partial charge in [0.15, 0.2) is 9.84 Å². The van der Waals surface area contributed by atoms with Crippen LogP contribution in [0.4, 0.5) is 0 Å². The van der Waals surface area contributed by atoms with Crippen LogP contribution in [-0.2, 0) is 19.9 Å². The maximum Gasteiger partial charge on any atom is 0.244 e. The molecule has 0 radical (unpaired) electrons. The van der Waals surface area contributed by atoms with E-state index in [2.05, 4.69) is 4.72 Å². The van der Waals surface area contributed by atoms with Crippen LogP contribution < -0.4 is 9.46 Å². The van der Waals surface area contributed by atoms with Gasteiger partial charge in [0.2, 0.25) is 10.0 Å². The zero-order valence-corrected chi connectivity index (χ0v) is 17.6. The molecule has 0 spiro atoms. The van der Waals surface area contributed by atoms with Crippen LogP contribution in [-0.4, -0.2) is 30.5 Å². The summed E-state index contributed by atoms with van der Waals surface area (Å²) in [5, 5.41) is 0.445. The molecule has 0 fully saturated rings. The van der Waals surface area contributed by atoms with Crippen molar-refractivity contribution in [3.63, 3.8) is 0 Å². The number of rotatable bonds is 8. The first-order valence-corrected chi connectivity index (χ1v) is 12.1. The number of aryl methyl sites for hydroxylation is 1. The molecular formula is C18H19NO6S3. The van der Waals surface area contributed by atoms with E-state index in [4.69, 9.17) is 9.15 Å². The molecule has 0 unspecified atom stereocenters. The Morgan fingerprint density at radius 3 is 2.54 bits per heavy atom. The molecule has 28 heavy (non-hydrogen) atoms. The van der Waals surface area contributed by atoms with Crippen molar-refractivity contribution in [2.45, 2.75) is 21.3 Å². The van der Waals surface area contributed by atoms with Gasteiger partial charge >= 0.3 is 0 Å². The summed E-state index contributed by atoms with van der Waals surface area (Å²) in [5.41, 5.74) is 0.731. The van der Waals surface area contributed by atoms with Crippen molar-refractivity contribution < 1.29 is 26.0 Å². The lowest BCUT2D eigenvalue weighted by atomic mass is 10.2. The zero-order valence-electron chi connectivity index (χ0n) is 15.2. The molecule has 2 aromatic heterocycles. The Morgan fingerprint density at radius 2 is 1.93 bits per heavy atom. The van der Waals surface area contributed by atoms with Crippen LogP contribution in [0.1, 0.15) is 16.6 Å². The van der Waals surface area contributed by atoms with Crippen LogP contribution in [0.5, 0.6) is 5.75 Å². The number of hydrogen-bond acceptors (Lipinski definition) is 7. The van der Waals surface area contributed by atoms with Crippen LogP contribution in [0.2, 0.25) is 0 Å². The highest BCUT2D eigenvalue weighted by Gasteiger charge is 2.34. The Bertz CT molecular complexity index is 1130. The van der Waals surface area contributed by atoms with E-state index in [1.807, 2.05) is 0 Å². The SMILES string of the molecule is COc1ccc(C)cc1S(=O)(=O)NC[C@H](c1ccco1)S(=O)(=O)c1cccs1. The molecule has 0 saturated carbocycles. The standard InChI is InChI=1S/C18H19NO6S3/c1-13-7-8-14(24-2)16(11-13)28(22,23)19-12-17(15-5-3-9-25-15)27(20,21)18-6-4-10-26-18/h3-11,17,19H,12H2,1-2H3/t17-/m1/s1. The minimum atomic E-state index is -4.02. The summed E-state index contributed by atoms with van der Waals surface area (Å²) < 4.78 is 64.7. The van der Waals surface area contributed by atoms with Crippen LogP contribution >= 0.6 is 11.3 Å². The number of sulfonamides is 1. The predicted molar refractivity (Wildman–Crippen MR) is 106 cm³/mol. The summed E-state index contributed by atoms with van der Waals surface area (Å²) in [6, 6.07) is 10.9. The lowest BCUT2D eigenvalue weighted by Gasteiger charge is -2.17. The molecule has 0 aliphatic heterocycles. The Kier molecular flexibility index (Phi) is 5.94. The molecule has 0 aliphatic carbocycles. The monoisotopic (exact) mass is 441 g/mol. The maximum absolute atomic E-state index is 13.0. The molecule has 10 heteroatoms. The van der Waals surface area contributed by atoms with Crippen molar-refractivity contribution in [2.75, 3.05) is 13.7 Å². The normalized spacial score (nSPS) is 13.4. The van der Waals surface area contributed by atoms with Gasteiger partial charge in [-0.1, -0.05) is 12.1 Å². The lowest BCUT2D eigenvalue weighted by molar-refractivity contribution is 0.402. The van der Waals surface area contributed by atoms with E-state index in [9.17, 15) is 16.8 Å². The van der Waals surface area contributed by atoms with Crippen molar-refractivity contribution in [3.05, 3.63) is 65.4 Å². The van der Waals surface area contributed by atoms with Gasteiger partial charge in [0.05, 0.1) is 13.4 Å². The lowest BCUT2D eigenvalue weighted by Crippen LogP contribution is -2.32. The van der Waals surface area contributed by atoms with Gasteiger partial charge in [-0.3, -0.25) is 0 Å².